The van der Waals surface area contributed by atoms with Gasteiger partial charge in [0.05, 0.1) is 6.61 Å². The van der Waals surface area contributed by atoms with Crippen LogP contribution in [0.4, 0.5) is 0 Å². The molecule has 2 aromatic carbocycles. The molecule has 0 unspecified atom stereocenters. The number of carbonyl (C=O) groups is 2. The first kappa shape index (κ1) is 23.8. The summed E-state index contributed by atoms with van der Waals surface area (Å²) in [4.78, 5) is 25.2. The highest BCUT2D eigenvalue weighted by Gasteiger charge is 2.22. The summed E-state index contributed by atoms with van der Waals surface area (Å²) in [6.45, 7) is 3.41. The molecule has 1 aliphatic carbocycles. The molecule has 0 spiro atoms. The highest BCUT2D eigenvalue weighted by molar-refractivity contribution is 5.76. The van der Waals surface area contributed by atoms with Crippen LogP contribution in [-0.4, -0.2) is 35.5 Å². The highest BCUT2D eigenvalue weighted by Crippen LogP contribution is 2.33. The molecule has 172 valence electrons. The second kappa shape index (κ2) is 11.7. The van der Waals surface area contributed by atoms with Crippen LogP contribution in [0.5, 0.6) is 5.75 Å². The molecule has 0 radical (unpaired) electrons. The fourth-order valence-corrected chi connectivity index (χ4v) is 3.74. The summed E-state index contributed by atoms with van der Waals surface area (Å²) in [7, 11) is 1.86. The van der Waals surface area contributed by atoms with Crippen LogP contribution in [0.3, 0.4) is 0 Å². The zero-order valence-corrected chi connectivity index (χ0v) is 19.3. The van der Waals surface area contributed by atoms with Crippen molar-refractivity contribution in [2.75, 3.05) is 13.7 Å². The number of amides is 1. The number of hydrogen-bond acceptors (Lipinski definition) is 3. The van der Waals surface area contributed by atoms with Crippen LogP contribution in [0.2, 0.25) is 0 Å². The van der Waals surface area contributed by atoms with Crippen LogP contribution in [0.1, 0.15) is 63.0 Å². The van der Waals surface area contributed by atoms with E-state index in [4.69, 9.17) is 9.84 Å². The maximum atomic E-state index is 12.4. The lowest BCUT2D eigenvalue weighted by molar-refractivity contribution is -0.137. The average molecular weight is 438 g/mol. The number of ether oxygens (including phenoxy) is 1. The number of unbranched alkanes of at least 4 members (excludes halogenated alkanes) is 2. The lowest BCUT2D eigenvalue weighted by Crippen LogP contribution is -2.25. The van der Waals surface area contributed by atoms with Crippen molar-refractivity contribution in [3.63, 3.8) is 0 Å². The van der Waals surface area contributed by atoms with Gasteiger partial charge in [0.15, 0.2) is 0 Å². The van der Waals surface area contributed by atoms with E-state index in [0.29, 0.717) is 31.9 Å². The minimum absolute atomic E-state index is 0.0905. The summed E-state index contributed by atoms with van der Waals surface area (Å²) in [5, 5.41) is 9.06. The SMILES string of the molecule is CCCCCC(=O)N(C)Cc1cccc(-c2ccc(CCC(=O)O)c(OCC3CC3)c2)c1. The van der Waals surface area contributed by atoms with Gasteiger partial charge < -0.3 is 14.7 Å². The Kier molecular flexibility index (Phi) is 8.72. The van der Waals surface area contributed by atoms with Crippen molar-refractivity contribution >= 4 is 11.9 Å². The number of carbonyl (C=O) groups excluding carboxylic acids is 1. The Bertz CT molecular complexity index is 920. The predicted molar refractivity (Wildman–Crippen MR) is 127 cm³/mol. The number of aliphatic carboxylic acids is 1. The smallest absolute Gasteiger partial charge is 0.303 e. The molecule has 3 rings (SSSR count). The van der Waals surface area contributed by atoms with Crippen molar-refractivity contribution in [1.82, 2.24) is 4.90 Å². The quantitative estimate of drug-likeness (QED) is 0.408. The number of aryl methyl sites for hydroxylation is 1. The van der Waals surface area contributed by atoms with Crippen molar-refractivity contribution in [2.24, 2.45) is 5.92 Å². The van der Waals surface area contributed by atoms with Crippen molar-refractivity contribution in [1.29, 1.82) is 0 Å². The molecule has 1 aliphatic rings. The third kappa shape index (κ3) is 7.40. The summed E-state index contributed by atoms with van der Waals surface area (Å²) >= 11 is 0. The van der Waals surface area contributed by atoms with Gasteiger partial charge in [-0.15, -0.1) is 0 Å². The van der Waals surface area contributed by atoms with Crippen molar-refractivity contribution in [3.05, 3.63) is 53.6 Å². The van der Waals surface area contributed by atoms with E-state index in [2.05, 4.69) is 19.1 Å². The molecule has 1 saturated carbocycles. The largest absolute Gasteiger partial charge is 0.493 e. The van der Waals surface area contributed by atoms with E-state index in [-0.39, 0.29) is 12.3 Å². The van der Waals surface area contributed by atoms with Gasteiger partial charge in [0, 0.05) is 26.4 Å². The molecule has 1 N–H and O–H groups in total. The summed E-state index contributed by atoms with van der Waals surface area (Å²) in [6.07, 6.45) is 6.70. The van der Waals surface area contributed by atoms with E-state index in [1.165, 1.54) is 12.8 Å². The molecule has 32 heavy (non-hydrogen) atoms. The first-order valence-electron chi connectivity index (χ1n) is 11.8. The van der Waals surface area contributed by atoms with Crippen LogP contribution in [-0.2, 0) is 22.6 Å². The first-order chi connectivity index (χ1) is 15.5. The minimum Gasteiger partial charge on any atom is -0.493 e. The zero-order valence-electron chi connectivity index (χ0n) is 19.3. The van der Waals surface area contributed by atoms with E-state index in [9.17, 15) is 9.59 Å². The van der Waals surface area contributed by atoms with Gasteiger partial charge in [-0.05, 0) is 66.0 Å². The maximum absolute atomic E-state index is 12.4. The monoisotopic (exact) mass is 437 g/mol. The Morgan fingerprint density at radius 3 is 2.56 bits per heavy atom. The van der Waals surface area contributed by atoms with Crippen molar-refractivity contribution in [3.8, 4) is 16.9 Å². The number of nitrogens with zero attached hydrogens (tertiary/aromatic N) is 1. The molecule has 2 aromatic rings. The summed E-state index contributed by atoms with van der Waals surface area (Å²) in [6, 6.07) is 14.3. The molecular formula is C27H35NO4. The Labute approximate surface area is 191 Å². The molecule has 0 atom stereocenters. The number of carboxylic acid groups (broad SMARTS) is 1. The molecule has 5 heteroatoms. The molecule has 0 aliphatic heterocycles. The van der Waals surface area contributed by atoms with Gasteiger partial charge in [-0.2, -0.15) is 0 Å². The first-order valence-corrected chi connectivity index (χ1v) is 11.8. The van der Waals surface area contributed by atoms with Gasteiger partial charge in [0.2, 0.25) is 5.91 Å². The van der Waals surface area contributed by atoms with Gasteiger partial charge in [-0.25, -0.2) is 0 Å². The number of carboxylic acids is 1. The molecule has 0 bridgehead atoms. The van der Waals surface area contributed by atoms with Crippen LogP contribution < -0.4 is 4.74 Å². The van der Waals surface area contributed by atoms with E-state index in [1.807, 2.05) is 37.4 Å². The molecule has 0 saturated heterocycles. The van der Waals surface area contributed by atoms with Gasteiger partial charge in [-0.1, -0.05) is 50.1 Å². The maximum Gasteiger partial charge on any atom is 0.303 e. The van der Waals surface area contributed by atoms with Crippen LogP contribution in [0.15, 0.2) is 42.5 Å². The topological polar surface area (TPSA) is 66.8 Å². The molecule has 0 heterocycles. The fourth-order valence-electron chi connectivity index (χ4n) is 3.74. The summed E-state index contributed by atoms with van der Waals surface area (Å²) in [5.74, 6) is 0.787. The standard InChI is InChI=1S/C27H35NO4/c1-3-4-5-9-26(29)28(2)18-21-7-6-8-23(16-21)24-13-12-22(14-15-27(30)31)25(17-24)32-19-20-10-11-20/h6-8,12-13,16-17,20H,3-5,9-11,14-15,18-19H2,1-2H3,(H,30,31). The normalized spacial score (nSPS) is 13.1. The Morgan fingerprint density at radius 2 is 1.84 bits per heavy atom. The van der Waals surface area contributed by atoms with Crippen molar-refractivity contribution < 1.29 is 19.4 Å². The zero-order chi connectivity index (χ0) is 22.9. The fraction of sp³-hybridized carbons (Fsp3) is 0.481. The van der Waals surface area contributed by atoms with Crippen LogP contribution in [0, 0.1) is 5.92 Å². The lowest BCUT2D eigenvalue weighted by Gasteiger charge is -2.18. The average Bonchev–Trinajstić information content (AvgIpc) is 3.61. The number of rotatable bonds is 13. The van der Waals surface area contributed by atoms with Crippen LogP contribution >= 0.6 is 0 Å². The second-order valence-electron chi connectivity index (χ2n) is 8.88. The Hall–Kier alpha value is -2.82. The number of hydrogen-bond donors (Lipinski definition) is 1. The number of benzene rings is 2. The molecule has 5 nitrogen and oxygen atoms in total. The van der Waals surface area contributed by atoms with E-state index in [1.54, 1.807) is 4.90 Å². The molecule has 0 aromatic heterocycles. The summed E-state index contributed by atoms with van der Waals surface area (Å²) in [5.41, 5.74) is 4.12. The second-order valence-corrected chi connectivity index (χ2v) is 8.88. The van der Waals surface area contributed by atoms with E-state index < -0.39 is 5.97 Å². The van der Waals surface area contributed by atoms with E-state index in [0.717, 1.165) is 47.3 Å². The third-order valence-electron chi connectivity index (χ3n) is 5.95. The lowest BCUT2D eigenvalue weighted by atomic mass is 9.99. The predicted octanol–water partition coefficient (Wildman–Crippen LogP) is 5.70. The van der Waals surface area contributed by atoms with Crippen molar-refractivity contribution in [2.45, 2.75) is 64.8 Å². The Morgan fingerprint density at radius 1 is 1.06 bits per heavy atom. The third-order valence-corrected chi connectivity index (χ3v) is 5.95. The van der Waals surface area contributed by atoms with Gasteiger partial charge >= 0.3 is 5.97 Å². The molecule has 1 fully saturated rings. The van der Waals surface area contributed by atoms with Gasteiger partial charge in [0.1, 0.15) is 5.75 Å². The van der Waals surface area contributed by atoms with Crippen LogP contribution in [0.25, 0.3) is 11.1 Å². The minimum atomic E-state index is -0.803. The van der Waals surface area contributed by atoms with E-state index >= 15 is 0 Å². The highest BCUT2D eigenvalue weighted by atomic mass is 16.5. The summed E-state index contributed by atoms with van der Waals surface area (Å²) < 4.78 is 6.08. The molecule has 1 amide bonds. The van der Waals surface area contributed by atoms with Gasteiger partial charge in [-0.3, -0.25) is 9.59 Å². The molecular weight excluding hydrogens is 402 g/mol. The van der Waals surface area contributed by atoms with Gasteiger partial charge in [0.25, 0.3) is 0 Å². The Balaban J connectivity index is 1.72.